The van der Waals surface area contributed by atoms with Crippen molar-refractivity contribution in [3.8, 4) is 0 Å². The van der Waals surface area contributed by atoms with Crippen LogP contribution in [0.15, 0.2) is 29.6 Å². The summed E-state index contributed by atoms with van der Waals surface area (Å²) in [6.45, 7) is 6.79. The van der Waals surface area contributed by atoms with Crippen molar-refractivity contribution in [2.24, 2.45) is 5.92 Å². The van der Waals surface area contributed by atoms with Gasteiger partial charge in [0.25, 0.3) is 0 Å². The fraction of sp³-hybridized carbons (Fsp3) is 0.476. The summed E-state index contributed by atoms with van der Waals surface area (Å²) in [6, 6.07) is 7.76. The number of thiazole rings is 1. The fourth-order valence-corrected chi connectivity index (χ4v) is 4.08. The zero-order valence-corrected chi connectivity index (χ0v) is 17.3. The van der Waals surface area contributed by atoms with Gasteiger partial charge in [-0.1, -0.05) is 17.7 Å². The van der Waals surface area contributed by atoms with Gasteiger partial charge in [-0.05, 0) is 51.9 Å². The molecule has 0 aliphatic carbocycles. The average molecular weight is 402 g/mol. The summed E-state index contributed by atoms with van der Waals surface area (Å²) in [7, 11) is 0. The second-order valence-electron chi connectivity index (χ2n) is 7.13. The summed E-state index contributed by atoms with van der Waals surface area (Å²) < 4.78 is 5.12. The summed E-state index contributed by atoms with van der Waals surface area (Å²) in [5.41, 5.74) is 2.95. The first-order valence-electron chi connectivity index (χ1n) is 9.72. The SMILES string of the molecule is CCOC(=O)C1CCN(Cc2csc(CC(=O)Nc3ccc(C)cc3)n2)CC1. The Hall–Kier alpha value is -2.25. The minimum absolute atomic E-state index is 0.0210. The van der Waals surface area contributed by atoms with Crippen LogP contribution in [0.2, 0.25) is 0 Å². The van der Waals surface area contributed by atoms with Gasteiger partial charge in [0.2, 0.25) is 5.91 Å². The number of aromatic nitrogens is 1. The van der Waals surface area contributed by atoms with Gasteiger partial charge in [0, 0.05) is 17.6 Å². The molecule has 3 rings (SSSR count). The molecule has 1 aromatic carbocycles. The van der Waals surface area contributed by atoms with Crippen molar-refractivity contribution in [3.05, 3.63) is 45.9 Å². The van der Waals surface area contributed by atoms with E-state index in [4.69, 9.17) is 4.74 Å². The summed E-state index contributed by atoms with van der Waals surface area (Å²) >= 11 is 1.52. The monoisotopic (exact) mass is 401 g/mol. The summed E-state index contributed by atoms with van der Waals surface area (Å²) in [6.07, 6.45) is 1.94. The standard InChI is InChI=1S/C21H27N3O3S/c1-3-27-21(26)16-8-10-24(11-9-16)13-18-14-28-20(23-18)12-19(25)22-17-6-4-15(2)5-7-17/h4-7,14,16H,3,8-13H2,1-2H3,(H,22,25). The largest absolute Gasteiger partial charge is 0.466 e. The molecule has 28 heavy (non-hydrogen) atoms. The van der Waals surface area contributed by atoms with Gasteiger partial charge < -0.3 is 10.1 Å². The highest BCUT2D eigenvalue weighted by atomic mass is 32.1. The molecule has 2 aromatic rings. The van der Waals surface area contributed by atoms with E-state index in [-0.39, 0.29) is 24.2 Å². The first-order chi connectivity index (χ1) is 13.5. The van der Waals surface area contributed by atoms with Crippen LogP contribution in [0, 0.1) is 12.8 Å². The number of benzene rings is 1. The van der Waals surface area contributed by atoms with Crippen LogP contribution in [0.25, 0.3) is 0 Å². The lowest BCUT2D eigenvalue weighted by atomic mass is 9.97. The Morgan fingerprint density at radius 2 is 1.96 bits per heavy atom. The van der Waals surface area contributed by atoms with E-state index in [1.165, 1.54) is 11.3 Å². The van der Waals surface area contributed by atoms with E-state index in [2.05, 4.69) is 15.2 Å². The van der Waals surface area contributed by atoms with Crippen LogP contribution >= 0.6 is 11.3 Å². The number of ether oxygens (including phenoxy) is 1. The maximum absolute atomic E-state index is 12.2. The van der Waals surface area contributed by atoms with Crippen LogP contribution < -0.4 is 5.32 Å². The van der Waals surface area contributed by atoms with Gasteiger partial charge in [-0.25, -0.2) is 4.98 Å². The average Bonchev–Trinajstić information content (AvgIpc) is 3.11. The third kappa shape index (κ3) is 5.87. The van der Waals surface area contributed by atoms with Crippen molar-refractivity contribution in [3.63, 3.8) is 0 Å². The normalized spacial score (nSPS) is 15.4. The van der Waals surface area contributed by atoms with E-state index < -0.39 is 0 Å². The highest BCUT2D eigenvalue weighted by Gasteiger charge is 2.26. The van der Waals surface area contributed by atoms with Crippen molar-refractivity contribution in [2.45, 2.75) is 39.7 Å². The van der Waals surface area contributed by atoms with Gasteiger partial charge in [0.1, 0.15) is 5.01 Å². The zero-order chi connectivity index (χ0) is 19.9. The Morgan fingerprint density at radius 1 is 1.25 bits per heavy atom. The highest BCUT2D eigenvalue weighted by molar-refractivity contribution is 7.09. The number of rotatable bonds is 7. The number of hydrogen-bond acceptors (Lipinski definition) is 6. The van der Waals surface area contributed by atoms with E-state index in [0.717, 1.165) is 54.4 Å². The summed E-state index contributed by atoms with van der Waals surface area (Å²) in [4.78, 5) is 31.0. The number of aryl methyl sites for hydroxylation is 1. The van der Waals surface area contributed by atoms with Crippen molar-refractivity contribution in [1.82, 2.24) is 9.88 Å². The van der Waals surface area contributed by atoms with E-state index in [1.54, 1.807) is 0 Å². The van der Waals surface area contributed by atoms with Crippen LogP contribution in [-0.2, 0) is 27.3 Å². The van der Waals surface area contributed by atoms with Crippen LogP contribution in [0.5, 0.6) is 0 Å². The van der Waals surface area contributed by atoms with Gasteiger partial charge in [-0.3, -0.25) is 14.5 Å². The molecule has 0 radical (unpaired) electrons. The third-order valence-electron chi connectivity index (χ3n) is 4.84. The molecule has 1 aliphatic heterocycles. The molecule has 0 spiro atoms. The second-order valence-corrected chi connectivity index (χ2v) is 8.07. The fourth-order valence-electron chi connectivity index (χ4n) is 3.30. The van der Waals surface area contributed by atoms with Crippen LogP contribution in [-0.4, -0.2) is 41.5 Å². The Balaban J connectivity index is 1.45. The molecule has 7 heteroatoms. The molecule has 1 amide bonds. The van der Waals surface area contributed by atoms with E-state index >= 15 is 0 Å². The van der Waals surface area contributed by atoms with Gasteiger partial charge in [0.15, 0.2) is 0 Å². The molecule has 0 atom stereocenters. The number of piperidine rings is 1. The van der Waals surface area contributed by atoms with Crippen LogP contribution in [0.3, 0.4) is 0 Å². The molecule has 0 saturated carbocycles. The predicted molar refractivity (Wildman–Crippen MR) is 110 cm³/mol. The molecule has 150 valence electrons. The number of nitrogens with zero attached hydrogens (tertiary/aromatic N) is 2. The van der Waals surface area contributed by atoms with Crippen LogP contribution in [0.1, 0.15) is 36.0 Å². The lowest BCUT2D eigenvalue weighted by Gasteiger charge is -2.30. The smallest absolute Gasteiger partial charge is 0.309 e. The molecule has 0 bridgehead atoms. The number of amides is 1. The quantitative estimate of drug-likeness (QED) is 0.720. The van der Waals surface area contributed by atoms with Gasteiger partial charge >= 0.3 is 5.97 Å². The first-order valence-corrected chi connectivity index (χ1v) is 10.6. The van der Waals surface area contributed by atoms with Crippen molar-refractivity contribution >= 4 is 28.9 Å². The Bertz CT molecular complexity index is 795. The van der Waals surface area contributed by atoms with E-state index in [1.807, 2.05) is 43.5 Å². The van der Waals surface area contributed by atoms with Gasteiger partial charge in [0.05, 0.1) is 24.6 Å². The van der Waals surface area contributed by atoms with E-state index in [0.29, 0.717) is 6.61 Å². The summed E-state index contributed by atoms with van der Waals surface area (Å²) in [5, 5.41) is 5.75. The topological polar surface area (TPSA) is 71.5 Å². The van der Waals surface area contributed by atoms with Gasteiger partial charge in [-0.15, -0.1) is 11.3 Å². The number of nitrogens with one attached hydrogen (secondary N) is 1. The lowest BCUT2D eigenvalue weighted by molar-refractivity contribution is -0.149. The Morgan fingerprint density at radius 3 is 2.64 bits per heavy atom. The number of esters is 1. The highest BCUT2D eigenvalue weighted by Crippen LogP contribution is 2.21. The molecule has 1 aliphatic rings. The third-order valence-corrected chi connectivity index (χ3v) is 5.74. The number of carbonyl (C=O) groups is 2. The van der Waals surface area contributed by atoms with E-state index in [9.17, 15) is 9.59 Å². The summed E-state index contributed by atoms with van der Waals surface area (Å²) in [5.74, 6) is -0.106. The molecule has 2 heterocycles. The maximum atomic E-state index is 12.2. The number of carbonyl (C=O) groups excluding carboxylic acids is 2. The Labute approximate surface area is 169 Å². The number of anilines is 1. The maximum Gasteiger partial charge on any atom is 0.309 e. The minimum Gasteiger partial charge on any atom is -0.466 e. The molecule has 1 fully saturated rings. The molecular weight excluding hydrogens is 374 g/mol. The zero-order valence-electron chi connectivity index (χ0n) is 16.4. The molecule has 1 N–H and O–H groups in total. The molecular formula is C21H27N3O3S. The minimum atomic E-state index is -0.0716. The Kier molecular flexibility index (Phi) is 7.17. The van der Waals surface area contributed by atoms with Gasteiger partial charge in [-0.2, -0.15) is 0 Å². The lowest BCUT2D eigenvalue weighted by Crippen LogP contribution is -2.36. The van der Waals surface area contributed by atoms with Crippen molar-refractivity contribution in [2.75, 3.05) is 25.0 Å². The van der Waals surface area contributed by atoms with Crippen molar-refractivity contribution < 1.29 is 14.3 Å². The molecule has 1 saturated heterocycles. The number of hydrogen-bond donors (Lipinski definition) is 1. The first kappa shape index (κ1) is 20.5. The van der Waals surface area contributed by atoms with Crippen molar-refractivity contribution in [1.29, 1.82) is 0 Å². The number of likely N-dealkylation sites (tertiary alicyclic amines) is 1. The van der Waals surface area contributed by atoms with Crippen LogP contribution in [0.4, 0.5) is 5.69 Å². The molecule has 1 aromatic heterocycles. The predicted octanol–water partition coefficient (Wildman–Crippen LogP) is 3.41. The second kappa shape index (κ2) is 9.80. The molecule has 0 unspecified atom stereocenters. The molecule has 6 nitrogen and oxygen atoms in total.